The number of hydrogen-bond acceptors (Lipinski definition) is 7. The smallest absolute Gasteiger partial charge is 0.341 e. The number of thiophene rings is 1. The number of esters is 1. The molecule has 158 valence electrons. The van der Waals surface area contributed by atoms with Gasteiger partial charge in [0.15, 0.2) is 11.0 Å². The molecule has 1 aromatic carbocycles. The van der Waals surface area contributed by atoms with Crippen molar-refractivity contribution in [3.05, 3.63) is 45.8 Å². The number of benzene rings is 1. The Balaban J connectivity index is 1.69. The van der Waals surface area contributed by atoms with E-state index in [4.69, 9.17) is 4.74 Å². The lowest BCUT2D eigenvalue weighted by Crippen LogP contribution is -2.16. The molecule has 0 saturated carbocycles. The van der Waals surface area contributed by atoms with Crippen LogP contribution in [0, 0.1) is 20.8 Å². The summed E-state index contributed by atoms with van der Waals surface area (Å²) in [5.74, 6) is 0.263. The molecule has 0 aliphatic carbocycles. The third kappa shape index (κ3) is 4.73. The number of amides is 1. The van der Waals surface area contributed by atoms with Crippen LogP contribution in [0.2, 0.25) is 0 Å². The monoisotopic (exact) mass is 444 g/mol. The van der Waals surface area contributed by atoms with Crippen molar-refractivity contribution in [1.29, 1.82) is 0 Å². The Kier molecular flexibility index (Phi) is 6.94. The highest BCUT2D eigenvalue weighted by Gasteiger charge is 2.22. The van der Waals surface area contributed by atoms with Crippen molar-refractivity contribution in [2.24, 2.45) is 7.05 Å². The molecule has 0 fully saturated rings. The van der Waals surface area contributed by atoms with Gasteiger partial charge in [-0.1, -0.05) is 35.5 Å². The molecule has 9 heteroatoms. The van der Waals surface area contributed by atoms with Gasteiger partial charge in [-0.2, -0.15) is 0 Å². The van der Waals surface area contributed by atoms with Crippen LogP contribution in [-0.2, 0) is 16.6 Å². The van der Waals surface area contributed by atoms with E-state index in [1.54, 1.807) is 6.92 Å². The van der Waals surface area contributed by atoms with E-state index >= 15 is 0 Å². The van der Waals surface area contributed by atoms with E-state index in [9.17, 15) is 9.59 Å². The van der Waals surface area contributed by atoms with E-state index in [1.807, 2.05) is 56.7 Å². The summed E-state index contributed by atoms with van der Waals surface area (Å²) in [6, 6.07) is 8.03. The van der Waals surface area contributed by atoms with Crippen molar-refractivity contribution in [1.82, 2.24) is 14.8 Å². The number of ether oxygens (including phenoxy) is 1. The van der Waals surface area contributed by atoms with Gasteiger partial charge >= 0.3 is 5.97 Å². The first-order valence-electron chi connectivity index (χ1n) is 9.48. The Morgan fingerprint density at radius 2 is 2.00 bits per heavy atom. The fourth-order valence-corrected chi connectivity index (χ4v) is 4.71. The van der Waals surface area contributed by atoms with E-state index in [0.29, 0.717) is 15.7 Å². The second-order valence-electron chi connectivity index (χ2n) is 6.78. The van der Waals surface area contributed by atoms with Crippen molar-refractivity contribution in [3.8, 4) is 11.4 Å². The number of aryl methyl sites for hydroxylation is 2. The standard InChI is InChI=1S/C21H24N4O3S2/c1-6-28-20(27)17-13(3)14(4)30-19(17)22-16(26)11-29-21-24-23-18(25(21)5)15-9-7-8-12(2)10-15/h7-10H,6,11H2,1-5H3,(H,22,26). The lowest BCUT2D eigenvalue weighted by Gasteiger charge is -2.07. The van der Waals surface area contributed by atoms with E-state index in [1.165, 1.54) is 23.1 Å². The van der Waals surface area contributed by atoms with E-state index in [-0.39, 0.29) is 18.3 Å². The number of anilines is 1. The van der Waals surface area contributed by atoms with Gasteiger partial charge in [-0.05, 0) is 39.3 Å². The van der Waals surface area contributed by atoms with Gasteiger partial charge < -0.3 is 14.6 Å². The van der Waals surface area contributed by atoms with Crippen molar-refractivity contribution in [2.45, 2.75) is 32.9 Å². The Bertz CT molecular complexity index is 1090. The summed E-state index contributed by atoms with van der Waals surface area (Å²) >= 11 is 2.67. The maximum atomic E-state index is 12.5. The first kappa shape index (κ1) is 22.0. The lowest BCUT2D eigenvalue weighted by molar-refractivity contribution is -0.113. The number of nitrogens with one attached hydrogen (secondary N) is 1. The molecule has 2 heterocycles. The van der Waals surface area contributed by atoms with Crippen molar-refractivity contribution >= 4 is 40.0 Å². The summed E-state index contributed by atoms with van der Waals surface area (Å²) in [4.78, 5) is 25.8. The van der Waals surface area contributed by atoms with Gasteiger partial charge in [-0.25, -0.2) is 4.79 Å². The van der Waals surface area contributed by atoms with Gasteiger partial charge in [-0.15, -0.1) is 21.5 Å². The maximum absolute atomic E-state index is 12.5. The molecule has 0 bridgehead atoms. The van der Waals surface area contributed by atoms with E-state index in [0.717, 1.165) is 27.4 Å². The third-order valence-corrected chi connectivity index (χ3v) is 6.70. The topological polar surface area (TPSA) is 86.1 Å². The molecule has 0 radical (unpaired) electrons. The van der Waals surface area contributed by atoms with Crippen LogP contribution >= 0.6 is 23.1 Å². The molecule has 0 aliphatic heterocycles. The average molecular weight is 445 g/mol. The van der Waals surface area contributed by atoms with E-state index < -0.39 is 5.97 Å². The van der Waals surface area contributed by atoms with Crippen LogP contribution in [0.25, 0.3) is 11.4 Å². The summed E-state index contributed by atoms with van der Waals surface area (Å²) in [5, 5.41) is 12.5. The Morgan fingerprint density at radius 3 is 2.70 bits per heavy atom. The average Bonchev–Trinajstić information content (AvgIpc) is 3.19. The molecule has 0 unspecified atom stereocenters. The van der Waals surface area contributed by atoms with Crippen LogP contribution in [0.4, 0.5) is 5.00 Å². The maximum Gasteiger partial charge on any atom is 0.341 e. The zero-order chi connectivity index (χ0) is 21.8. The van der Waals surface area contributed by atoms with Crippen LogP contribution < -0.4 is 5.32 Å². The fourth-order valence-electron chi connectivity index (χ4n) is 2.93. The Labute approximate surface area is 183 Å². The summed E-state index contributed by atoms with van der Waals surface area (Å²) in [6.45, 7) is 7.84. The third-order valence-electron chi connectivity index (χ3n) is 4.56. The van der Waals surface area contributed by atoms with Gasteiger partial charge in [-0.3, -0.25) is 4.79 Å². The minimum absolute atomic E-state index is 0.151. The van der Waals surface area contributed by atoms with Gasteiger partial charge in [0.05, 0.1) is 17.9 Å². The first-order valence-corrected chi connectivity index (χ1v) is 11.3. The molecule has 1 N–H and O–H groups in total. The predicted molar refractivity (Wildman–Crippen MR) is 120 cm³/mol. The molecule has 0 spiro atoms. The molecule has 1 amide bonds. The Morgan fingerprint density at radius 1 is 1.23 bits per heavy atom. The molecule has 0 aliphatic rings. The zero-order valence-electron chi connectivity index (χ0n) is 17.6. The van der Waals surface area contributed by atoms with Crippen molar-refractivity contribution < 1.29 is 14.3 Å². The molecular weight excluding hydrogens is 420 g/mol. The summed E-state index contributed by atoms with van der Waals surface area (Å²) in [5.41, 5.74) is 3.38. The number of aromatic nitrogens is 3. The van der Waals surface area contributed by atoms with Crippen molar-refractivity contribution in [2.75, 3.05) is 17.7 Å². The molecule has 30 heavy (non-hydrogen) atoms. The highest BCUT2D eigenvalue weighted by atomic mass is 32.2. The second-order valence-corrected chi connectivity index (χ2v) is 8.95. The minimum Gasteiger partial charge on any atom is -0.462 e. The highest BCUT2D eigenvalue weighted by molar-refractivity contribution is 7.99. The molecule has 3 rings (SSSR count). The summed E-state index contributed by atoms with van der Waals surface area (Å²) < 4.78 is 7.00. The number of thioether (sulfide) groups is 1. The van der Waals surface area contributed by atoms with Crippen LogP contribution in [0.15, 0.2) is 29.4 Å². The first-order chi connectivity index (χ1) is 14.3. The Hall–Kier alpha value is -2.65. The molecule has 2 aromatic heterocycles. The number of hydrogen-bond donors (Lipinski definition) is 1. The van der Waals surface area contributed by atoms with Gasteiger partial charge in [0.25, 0.3) is 0 Å². The quantitative estimate of drug-likeness (QED) is 0.430. The largest absolute Gasteiger partial charge is 0.462 e. The molecule has 0 atom stereocenters. The van der Waals surface area contributed by atoms with Gasteiger partial charge in [0.1, 0.15) is 5.00 Å². The predicted octanol–water partition coefficient (Wildman–Crippen LogP) is 4.38. The van der Waals surface area contributed by atoms with Gasteiger partial charge in [0.2, 0.25) is 5.91 Å². The fraction of sp³-hybridized carbons (Fsp3) is 0.333. The SMILES string of the molecule is CCOC(=O)c1c(NC(=O)CSc2nnc(-c3cccc(C)c3)n2C)sc(C)c1C. The normalized spacial score (nSPS) is 10.8. The number of carbonyl (C=O) groups excluding carboxylic acids is 2. The molecule has 0 saturated heterocycles. The van der Waals surface area contributed by atoms with Crippen molar-refractivity contribution in [3.63, 3.8) is 0 Å². The number of rotatable bonds is 7. The molecule has 3 aromatic rings. The van der Waals surface area contributed by atoms with Crippen LogP contribution in [0.5, 0.6) is 0 Å². The van der Waals surface area contributed by atoms with Crippen LogP contribution in [-0.4, -0.2) is 39.0 Å². The number of nitrogens with zero attached hydrogens (tertiary/aromatic N) is 3. The minimum atomic E-state index is -0.418. The van der Waals surface area contributed by atoms with Gasteiger partial charge in [0, 0.05) is 17.5 Å². The number of carbonyl (C=O) groups is 2. The highest BCUT2D eigenvalue weighted by Crippen LogP contribution is 2.33. The lowest BCUT2D eigenvalue weighted by atomic mass is 10.1. The molecular formula is C21H24N4O3S2. The van der Waals surface area contributed by atoms with Crippen LogP contribution in [0.3, 0.4) is 0 Å². The molecule has 7 nitrogen and oxygen atoms in total. The van der Waals surface area contributed by atoms with Crippen LogP contribution in [0.1, 0.15) is 33.3 Å². The van der Waals surface area contributed by atoms with E-state index in [2.05, 4.69) is 15.5 Å². The zero-order valence-corrected chi connectivity index (χ0v) is 19.2. The summed E-state index contributed by atoms with van der Waals surface area (Å²) in [7, 11) is 1.88. The summed E-state index contributed by atoms with van der Waals surface area (Å²) in [6.07, 6.45) is 0. The second kappa shape index (κ2) is 9.44.